The molecule has 0 radical (unpaired) electrons. The number of rotatable bonds is 4. The van der Waals surface area contributed by atoms with Gasteiger partial charge >= 0.3 is 6.01 Å². The second kappa shape index (κ2) is 8.20. The highest BCUT2D eigenvalue weighted by molar-refractivity contribution is 6.36. The van der Waals surface area contributed by atoms with Gasteiger partial charge in [0, 0.05) is 36.1 Å². The highest BCUT2D eigenvalue weighted by Crippen LogP contribution is 2.41. The largest absolute Gasteiger partial charge is 0.493 e. The Balaban J connectivity index is 1.28. The number of fused-ring (bicyclic) bond motifs is 3. The van der Waals surface area contributed by atoms with E-state index in [-0.39, 0.29) is 22.5 Å². The fourth-order valence-corrected chi connectivity index (χ4v) is 6.13. The molecule has 34 heavy (non-hydrogen) atoms. The molecule has 3 aliphatic heterocycles. The second-order valence-corrected chi connectivity index (χ2v) is 9.91. The normalized spacial score (nSPS) is 24.4. The number of aromatic nitrogens is 2. The summed E-state index contributed by atoms with van der Waals surface area (Å²) in [6.45, 7) is 2.63. The third-order valence-corrected chi connectivity index (χ3v) is 7.88. The molecule has 0 spiro atoms. The van der Waals surface area contributed by atoms with Crippen molar-refractivity contribution in [2.24, 2.45) is 0 Å². The third-order valence-electron chi connectivity index (χ3n) is 7.51. The van der Waals surface area contributed by atoms with Gasteiger partial charge in [-0.1, -0.05) is 29.8 Å². The topological polar surface area (TPSA) is 61.7 Å². The van der Waals surface area contributed by atoms with Crippen molar-refractivity contribution in [1.82, 2.24) is 14.9 Å². The van der Waals surface area contributed by atoms with E-state index in [1.807, 2.05) is 18.2 Å². The van der Waals surface area contributed by atoms with Crippen molar-refractivity contribution in [3.63, 3.8) is 0 Å². The van der Waals surface area contributed by atoms with Crippen LogP contribution in [0.25, 0.3) is 10.8 Å². The molecule has 0 amide bonds. The lowest BCUT2D eigenvalue weighted by Gasteiger charge is -2.32. The minimum atomic E-state index is -0.840. The van der Waals surface area contributed by atoms with Gasteiger partial charge in [-0.25, -0.2) is 8.78 Å². The standard InChI is InChI=1S/C25H25ClF2N4O2/c26-22-18(28)6-5-15-3-1-4-20(21(15)22)31-10-7-17-19(13-31)29-24(30-23(17)33)34-14-25-8-2-9-32(25)12-16(27)11-25/h1,3-6,16H,2,7-14H2,(H,29,30,33)/t16-,25+/m1/s1. The lowest BCUT2D eigenvalue weighted by molar-refractivity contribution is 0.106. The fourth-order valence-electron chi connectivity index (χ4n) is 5.86. The molecule has 1 aromatic heterocycles. The second-order valence-electron chi connectivity index (χ2n) is 9.53. The lowest BCUT2D eigenvalue weighted by atomic mass is 9.95. The summed E-state index contributed by atoms with van der Waals surface area (Å²) in [6, 6.07) is 8.92. The van der Waals surface area contributed by atoms with E-state index >= 15 is 0 Å². The van der Waals surface area contributed by atoms with Gasteiger partial charge in [0.15, 0.2) is 0 Å². The summed E-state index contributed by atoms with van der Waals surface area (Å²) in [5.74, 6) is -0.547. The summed E-state index contributed by atoms with van der Waals surface area (Å²) in [4.78, 5) is 13.0. The molecule has 2 atom stereocenters. The molecule has 2 fully saturated rings. The smallest absolute Gasteiger partial charge is 0.320 e. The summed E-state index contributed by atoms with van der Waals surface area (Å²) in [7, 11) is 0. The van der Waals surface area contributed by atoms with Crippen LogP contribution in [-0.2, 0) is 13.0 Å². The predicted molar refractivity (Wildman–Crippen MR) is 126 cm³/mol. The quantitative estimate of drug-likeness (QED) is 0.579. The lowest BCUT2D eigenvalue weighted by Crippen LogP contribution is -2.43. The number of hydrogen-bond donors (Lipinski definition) is 1. The number of halogens is 3. The monoisotopic (exact) mass is 486 g/mol. The Morgan fingerprint density at radius 2 is 2.09 bits per heavy atom. The summed E-state index contributed by atoms with van der Waals surface area (Å²) in [6.07, 6.45) is 2.06. The Kier molecular flexibility index (Phi) is 5.26. The number of hydrogen-bond acceptors (Lipinski definition) is 6. The van der Waals surface area contributed by atoms with Gasteiger partial charge < -0.3 is 14.7 Å². The van der Waals surface area contributed by atoms with E-state index in [1.165, 1.54) is 6.07 Å². The SMILES string of the molecule is Oc1nc(OC[C@@]23CCCN2C[C@H](F)C3)nc2c1CCN(c1cccc3ccc(F)c(Cl)c13)C2. The van der Waals surface area contributed by atoms with Crippen LogP contribution in [0.1, 0.15) is 30.5 Å². The van der Waals surface area contributed by atoms with Gasteiger partial charge in [0.1, 0.15) is 18.6 Å². The van der Waals surface area contributed by atoms with Crippen LogP contribution in [0.4, 0.5) is 14.5 Å². The fraction of sp³-hybridized carbons (Fsp3) is 0.440. The summed E-state index contributed by atoms with van der Waals surface area (Å²) >= 11 is 6.34. The average Bonchev–Trinajstić information content (AvgIpc) is 3.35. The summed E-state index contributed by atoms with van der Waals surface area (Å²) < 4.78 is 34.2. The van der Waals surface area contributed by atoms with Gasteiger partial charge in [0.05, 0.1) is 22.8 Å². The molecule has 4 heterocycles. The molecule has 3 aliphatic rings. The Bertz CT molecular complexity index is 1280. The van der Waals surface area contributed by atoms with Crippen molar-refractivity contribution in [3.05, 3.63) is 52.4 Å². The Hall–Kier alpha value is -2.71. The van der Waals surface area contributed by atoms with Crippen LogP contribution >= 0.6 is 11.6 Å². The van der Waals surface area contributed by atoms with Crippen molar-refractivity contribution in [1.29, 1.82) is 0 Å². The molecule has 6 rings (SSSR count). The van der Waals surface area contributed by atoms with Crippen LogP contribution in [-0.4, -0.2) is 57.9 Å². The van der Waals surface area contributed by atoms with Crippen molar-refractivity contribution in [2.45, 2.75) is 43.9 Å². The summed E-state index contributed by atoms with van der Waals surface area (Å²) in [5, 5.41) is 12.2. The molecular weight excluding hydrogens is 462 g/mol. The molecule has 178 valence electrons. The van der Waals surface area contributed by atoms with Gasteiger partial charge in [0.2, 0.25) is 5.88 Å². The first-order chi connectivity index (χ1) is 16.4. The average molecular weight is 487 g/mol. The van der Waals surface area contributed by atoms with E-state index in [0.717, 1.165) is 30.5 Å². The van der Waals surface area contributed by atoms with E-state index in [2.05, 4.69) is 19.8 Å². The van der Waals surface area contributed by atoms with Gasteiger partial charge in [-0.3, -0.25) is 4.90 Å². The maximum absolute atomic E-state index is 14.2. The molecule has 2 aromatic carbocycles. The highest BCUT2D eigenvalue weighted by atomic mass is 35.5. The number of anilines is 1. The number of nitrogens with zero attached hydrogens (tertiary/aromatic N) is 4. The first-order valence-corrected chi connectivity index (χ1v) is 12.0. The number of alkyl halides is 1. The first kappa shape index (κ1) is 21.8. The van der Waals surface area contributed by atoms with Crippen LogP contribution < -0.4 is 9.64 Å². The third kappa shape index (κ3) is 3.55. The van der Waals surface area contributed by atoms with Gasteiger partial charge in [-0.05, 0) is 43.3 Å². The van der Waals surface area contributed by atoms with Crippen molar-refractivity contribution in [2.75, 3.05) is 31.1 Å². The summed E-state index contributed by atoms with van der Waals surface area (Å²) in [5.41, 5.74) is 1.85. The molecular formula is C25H25ClF2N4O2. The van der Waals surface area contributed by atoms with Crippen LogP contribution in [0.3, 0.4) is 0 Å². The van der Waals surface area contributed by atoms with E-state index in [1.54, 1.807) is 6.07 Å². The molecule has 0 bridgehead atoms. The van der Waals surface area contributed by atoms with Crippen molar-refractivity contribution >= 4 is 28.1 Å². The van der Waals surface area contributed by atoms with E-state index < -0.39 is 12.0 Å². The van der Waals surface area contributed by atoms with Gasteiger partial charge in [-0.15, -0.1) is 0 Å². The van der Waals surface area contributed by atoms with Gasteiger partial charge in [-0.2, -0.15) is 9.97 Å². The number of ether oxygens (including phenoxy) is 1. The minimum absolute atomic E-state index is 0.0859. The molecule has 3 aromatic rings. The molecule has 0 unspecified atom stereocenters. The van der Waals surface area contributed by atoms with Crippen LogP contribution in [0.5, 0.6) is 11.9 Å². The number of benzene rings is 2. The molecule has 0 saturated carbocycles. The van der Waals surface area contributed by atoms with E-state index in [0.29, 0.717) is 55.7 Å². The molecule has 6 nitrogen and oxygen atoms in total. The minimum Gasteiger partial charge on any atom is -0.493 e. The van der Waals surface area contributed by atoms with Crippen molar-refractivity contribution < 1.29 is 18.6 Å². The predicted octanol–water partition coefficient (Wildman–Crippen LogP) is 4.65. The van der Waals surface area contributed by atoms with Crippen LogP contribution in [0.15, 0.2) is 30.3 Å². The zero-order valence-electron chi connectivity index (χ0n) is 18.6. The number of aromatic hydroxyl groups is 1. The van der Waals surface area contributed by atoms with Crippen LogP contribution in [0, 0.1) is 5.82 Å². The van der Waals surface area contributed by atoms with Crippen molar-refractivity contribution in [3.8, 4) is 11.9 Å². The first-order valence-electron chi connectivity index (χ1n) is 11.7. The maximum atomic E-state index is 14.2. The zero-order chi connectivity index (χ0) is 23.4. The van der Waals surface area contributed by atoms with E-state index in [4.69, 9.17) is 16.3 Å². The Morgan fingerprint density at radius 1 is 1.21 bits per heavy atom. The van der Waals surface area contributed by atoms with E-state index in [9.17, 15) is 13.9 Å². The van der Waals surface area contributed by atoms with Crippen LogP contribution in [0.2, 0.25) is 5.02 Å². The molecule has 9 heteroatoms. The Labute approximate surface area is 201 Å². The zero-order valence-corrected chi connectivity index (χ0v) is 19.4. The highest BCUT2D eigenvalue weighted by Gasteiger charge is 2.49. The molecule has 0 aliphatic carbocycles. The van der Waals surface area contributed by atoms with Gasteiger partial charge in [0.25, 0.3) is 0 Å². The maximum Gasteiger partial charge on any atom is 0.320 e. The molecule has 2 saturated heterocycles. The Morgan fingerprint density at radius 3 is 2.97 bits per heavy atom. The molecule has 1 N–H and O–H groups in total.